The van der Waals surface area contributed by atoms with E-state index in [0.717, 1.165) is 22.4 Å². The third-order valence-corrected chi connectivity index (χ3v) is 4.46. The molecular formula is C22H23FN4O2. The van der Waals surface area contributed by atoms with Crippen LogP contribution in [0.15, 0.2) is 47.3 Å². The molecule has 0 fully saturated rings. The zero-order chi connectivity index (χ0) is 21.1. The van der Waals surface area contributed by atoms with Crippen molar-refractivity contribution in [3.63, 3.8) is 0 Å². The van der Waals surface area contributed by atoms with Gasteiger partial charge in [0.15, 0.2) is 0 Å². The standard InChI is InChI=1S/C22H23FN4O2/c1-13-8-14(2)21(15(3)9-13)26-19(28)12-27-20(29)10-16(4)24-22(27)25-18-7-5-6-17(23)11-18/h5-11H,12H2,1-4H3,(H,24,25)(H,26,28). The van der Waals surface area contributed by atoms with Crippen LogP contribution in [0.1, 0.15) is 22.4 Å². The molecule has 0 aliphatic rings. The van der Waals surface area contributed by atoms with Gasteiger partial charge in [0.2, 0.25) is 11.9 Å². The lowest BCUT2D eigenvalue weighted by Gasteiger charge is -2.16. The van der Waals surface area contributed by atoms with E-state index in [9.17, 15) is 14.0 Å². The largest absolute Gasteiger partial charge is 0.325 e. The summed E-state index contributed by atoms with van der Waals surface area (Å²) in [6, 6.07) is 11.1. The molecule has 1 heterocycles. The summed E-state index contributed by atoms with van der Waals surface area (Å²) in [6.07, 6.45) is 0. The minimum Gasteiger partial charge on any atom is -0.325 e. The Bertz CT molecular complexity index is 1110. The smallest absolute Gasteiger partial charge is 0.255 e. The van der Waals surface area contributed by atoms with Crippen molar-refractivity contribution < 1.29 is 9.18 Å². The van der Waals surface area contributed by atoms with Crippen molar-refractivity contribution in [2.75, 3.05) is 10.6 Å². The molecule has 0 aliphatic heterocycles. The van der Waals surface area contributed by atoms with Crippen LogP contribution in [-0.4, -0.2) is 15.5 Å². The summed E-state index contributed by atoms with van der Waals surface area (Å²) in [7, 11) is 0. The highest BCUT2D eigenvalue weighted by Crippen LogP contribution is 2.22. The number of rotatable bonds is 5. The summed E-state index contributed by atoms with van der Waals surface area (Å²) < 4.78 is 14.7. The van der Waals surface area contributed by atoms with Gasteiger partial charge in [0, 0.05) is 23.1 Å². The van der Waals surface area contributed by atoms with E-state index in [-0.39, 0.29) is 24.0 Å². The Morgan fingerprint density at radius 1 is 1.07 bits per heavy atom. The summed E-state index contributed by atoms with van der Waals surface area (Å²) in [5.74, 6) is -0.595. The summed E-state index contributed by atoms with van der Waals surface area (Å²) in [5, 5.41) is 5.81. The summed E-state index contributed by atoms with van der Waals surface area (Å²) in [6.45, 7) is 7.30. The highest BCUT2D eigenvalue weighted by Gasteiger charge is 2.14. The van der Waals surface area contributed by atoms with Crippen molar-refractivity contribution in [2.24, 2.45) is 0 Å². The Labute approximate surface area is 168 Å². The van der Waals surface area contributed by atoms with Gasteiger partial charge < -0.3 is 10.6 Å². The summed E-state index contributed by atoms with van der Waals surface area (Å²) >= 11 is 0. The molecule has 1 amide bonds. The van der Waals surface area contributed by atoms with E-state index in [1.54, 1.807) is 19.1 Å². The number of carbonyl (C=O) groups is 1. The molecule has 3 rings (SSSR count). The first kappa shape index (κ1) is 20.3. The number of hydrogen-bond acceptors (Lipinski definition) is 4. The molecule has 0 saturated carbocycles. The van der Waals surface area contributed by atoms with Crippen LogP contribution in [0.25, 0.3) is 0 Å². The number of benzene rings is 2. The predicted octanol–water partition coefficient (Wildman–Crippen LogP) is 4.00. The molecule has 1 aromatic heterocycles. The van der Waals surface area contributed by atoms with Crippen LogP contribution in [-0.2, 0) is 11.3 Å². The van der Waals surface area contributed by atoms with E-state index in [1.165, 1.54) is 22.8 Å². The van der Waals surface area contributed by atoms with Gasteiger partial charge in [-0.1, -0.05) is 23.8 Å². The second kappa shape index (κ2) is 8.26. The number of aryl methyl sites for hydroxylation is 4. The Morgan fingerprint density at radius 2 is 1.76 bits per heavy atom. The quantitative estimate of drug-likeness (QED) is 0.686. The first-order chi connectivity index (χ1) is 13.7. The molecule has 0 aliphatic carbocycles. The van der Waals surface area contributed by atoms with Crippen LogP contribution in [0.3, 0.4) is 0 Å². The van der Waals surface area contributed by atoms with Gasteiger partial charge in [-0.25, -0.2) is 9.37 Å². The van der Waals surface area contributed by atoms with Crippen molar-refractivity contribution in [1.82, 2.24) is 9.55 Å². The maximum Gasteiger partial charge on any atom is 0.255 e. The average molecular weight is 394 g/mol. The zero-order valence-corrected chi connectivity index (χ0v) is 16.8. The van der Waals surface area contributed by atoms with E-state index >= 15 is 0 Å². The van der Waals surface area contributed by atoms with E-state index in [2.05, 4.69) is 15.6 Å². The molecule has 0 unspecified atom stereocenters. The van der Waals surface area contributed by atoms with Crippen LogP contribution in [0.5, 0.6) is 0 Å². The van der Waals surface area contributed by atoms with Crippen LogP contribution in [0, 0.1) is 33.5 Å². The maximum atomic E-state index is 13.5. The van der Waals surface area contributed by atoms with Gasteiger partial charge >= 0.3 is 0 Å². The Kier molecular flexibility index (Phi) is 5.77. The maximum absolute atomic E-state index is 13.5. The Morgan fingerprint density at radius 3 is 2.41 bits per heavy atom. The van der Waals surface area contributed by atoms with Gasteiger partial charge in [0.25, 0.3) is 5.56 Å². The van der Waals surface area contributed by atoms with Crippen LogP contribution < -0.4 is 16.2 Å². The first-order valence-corrected chi connectivity index (χ1v) is 9.21. The molecule has 0 spiro atoms. The monoisotopic (exact) mass is 394 g/mol. The van der Waals surface area contributed by atoms with Crippen LogP contribution in [0.2, 0.25) is 0 Å². The second-order valence-electron chi connectivity index (χ2n) is 7.10. The molecule has 2 aromatic carbocycles. The molecule has 3 aromatic rings. The average Bonchev–Trinajstić information content (AvgIpc) is 2.61. The van der Waals surface area contributed by atoms with E-state index < -0.39 is 5.82 Å². The van der Waals surface area contributed by atoms with Crippen molar-refractivity contribution >= 4 is 23.2 Å². The van der Waals surface area contributed by atoms with Crippen molar-refractivity contribution in [3.05, 3.63) is 81.0 Å². The lowest BCUT2D eigenvalue weighted by atomic mass is 10.1. The molecule has 6 nitrogen and oxygen atoms in total. The Hall–Kier alpha value is -3.48. The fraction of sp³-hybridized carbons (Fsp3) is 0.227. The number of nitrogens with zero attached hydrogens (tertiary/aromatic N) is 2. The lowest BCUT2D eigenvalue weighted by Crippen LogP contribution is -2.30. The van der Waals surface area contributed by atoms with Gasteiger partial charge in [-0.05, 0) is 57.0 Å². The molecule has 0 radical (unpaired) electrons. The normalized spacial score (nSPS) is 10.7. The topological polar surface area (TPSA) is 76.0 Å². The number of nitrogens with one attached hydrogen (secondary N) is 2. The Balaban J connectivity index is 1.89. The second-order valence-corrected chi connectivity index (χ2v) is 7.10. The first-order valence-electron chi connectivity index (χ1n) is 9.21. The number of hydrogen-bond donors (Lipinski definition) is 2. The van der Waals surface area contributed by atoms with Crippen LogP contribution >= 0.6 is 0 Å². The van der Waals surface area contributed by atoms with Crippen LogP contribution in [0.4, 0.5) is 21.7 Å². The van der Waals surface area contributed by atoms with Crippen molar-refractivity contribution in [1.29, 1.82) is 0 Å². The number of amides is 1. The number of anilines is 3. The number of aromatic nitrogens is 2. The minimum atomic E-state index is -0.417. The van der Waals surface area contributed by atoms with E-state index in [1.807, 2.05) is 32.9 Å². The van der Waals surface area contributed by atoms with Gasteiger partial charge in [0.05, 0.1) is 0 Å². The third-order valence-electron chi connectivity index (χ3n) is 4.46. The molecule has 0 atom stereocenters. The molecule has 150 valence electrons. The minimum absolute atomic E-state index is 0.174. The summed E-state index contributed by atoms with van der Waals surface area (Å²) in [5.41, 5.74) is 4.29. The molecular weight excluding hydrogens is 371 g/mol. The summed E-state index contributed by atoms with van der Waals surface area (Å²) in [4.78, 5) is 29.5. The lowest BCUT2D eigenvalue weighted by molar-refractivity contribution is -0.116. The number of carbonyl (C=O) groups excluding carboxylic acids is 1. The van der Waals surface area contributed by atoms with Gasteiger partial charge in [0.1, 0.15) is 12.4 Å². The fourth-order valence-corrected chi connectivity index (χ4v) is 3.26. The van der Waals surface area contributed by atoms with Gasteiger partial charge in [-0.15, -0.1) is 0 Å². The highest BCUT2D eigenvalue weighted by atomic mass is 19.1. The van der Waals surface area contributed by atoms with Crippen molar-refractivity contribution in [2.45, 2.75) is 34.2 Å². The van der Waals surface area contributed by atoms with Gasteiger partial charge in [-0.3, -0.25) is 14.2 Å². The zero-order valence-electron chi connectivity index (χ0n) is 16.8. The van der Waals surface area contributed by atoms with Gasteiger partial charge in [-0.2, -0.15) is 0 Å². The SMILES string of the molecule is Cc1cc(C)c(NC(=O)Cn2c(Nc3cccc(F)c3)nc(C)cc2=O)c(C)c1. The predicted molar refractivity (Wildman–Crippen MR) is 112 cm³/mol. The fourth-order valence-electron chi connectivity index (χ4n) is 3.26. The van der Waals surface area contributed by atoms with E-state index in [0.29, 0.717) is 11.4 Å². The molecule has 7 heteroatoms. The highest BCUT2D eigenvalue weighted by molar-refractivity contribution is 5.92. The molecule has 2 N–H and O–H groups in total. The molecule has 29 heavy (non-hydrogen) atoms. The van der Waals surface area contributed by atoms with Crippen molar-refractivity contribution in [3.8, 4) is 0 Å². The van der Waals surface area contributed by atoms with E-state index in [4.69, 9.17) is 0 Å². The molecule has 0 bridgehead atoms. The molecule has 0 saturated heterocycles. The third kappa shape index (κ3) is 4.87. The number of halogens is 1.